The molecule has 0 radical (unpaired) electrons. The van der Waals surface area contributed by atoms with Crippen molar-refractivity contribution in [1.29, 1.82) is 0 Å². The zero-order chi connectivity index (χ0) is 13.0. The Morgan fingerprint density at radius 2 is 2.00 bits per heavy atom. The minimum atomic E-state index is -0.328. The van der Waals surface area contributed by atoms with E-state index in [1.54, 1.807) is 17.3 Å². The van der Waals surface area contributed by atoms with Crippen molar-refractivity contribution < 1.29 is 9.53 Å². The van der Waals surface area contributed by atoms with Crippen LogP contribution in [0.2, 0.25) is 0 Å². The number of nitrogens with one attached hydrogen (secondary N) is 1. The predicted octanol–water partition coefficient (Wildman–Crippen LogP) is 0.444. The lowest BCUT2D eigenvalue weighted by molar-refractivity contribution is -0.135. The topological polar surface area (TPSA) is 67.4 Å². The van der Waals surface area contributed by atoms with Gasteiger partial charge in [-0.15, -0.1) is 0 Å². The third kappa shape index (κ3) is 3.16. The van der Waals surface area contributed by atoms with Crippen LogP contribution in [0.1, 0.15) is 12.5 Å². The van der Waals surface area contributed by atoms with Crippen LogP contribution in [0.3, 0.4) is 0 Å². The molecule has 1 fully saturated rings. The molecule has 98 valence electrons. The lowest BCUT2D eigenvalue weighted by Crippen LogP contribution is -2.47. The minimum absolute atomic E-state index is 0.0578. The Balaban J connectivity index is 1.92. The molecular formula is C12H18N4O2. The van der Waals surface area contributed by atoms with E-state index in [1.165, 1.54) is 0 Å². The molecule has 0 spiro atoms. The van der Waals surface area contributed by atoms with Gasteiger partial charge in [-0.3, -0.25) is 4.79 Å². The van der Waals surface area contributed by atoms with E-state index < -0.39 is 0 Å². The summed E-state index contributed by atoms with van der Waals surface area (Å²) in [7, 11) is 0. The fraction of sp³-hybridized carbons (Fsp3) is 0.583. The highest BCUT2D eigenvalue weighted by Gasteiger charge is 2.22. The summed E-state index contributed by atoms with van der Waals surface area (Å²) >= 11 is 0. The summed E-state index contributed by atoms with van der Waals surface area (Å²) < 4.78 is 5.22. The monoisotopic (exact) mass is 250 g/mol. The van der Waals surface area contributed by atoms with E-state index in [4.69, 9.17) is 4.74 Å². The van der Waals surface area contributed by atoms with Crippen LogP contribution in [0.25, 0.3) is 0 Å². The van der Waals surface area contributed by atoms with E-state index in [-0.39, 0.29) is 11.9 Å². The van der Waals surface area contributed by atoms with Crippen LogP contribution in [0.15, 0.2) is 12.4 Å². The standard InChI is InChI=1S/C12H18N4O2/c1-9-7-13-12(14-8-9)15-10(2)11(17)16-3-5-18-6-4-16/h7-8,10H,3-6H2,1-2H3,(H,13,14,15). The quantitative estimate of drug-likeness (QED) is 0.843. The number of hydrogen-bond donors (Lipinski definition) is 1. The number of carbonyl (C=O) groups excluding carboxylic acids is 1. The van der Waals surface area contributed by atoms with Crippen LogP contribution in [0.5, 0.6) is 0 Å². The molecule has 18 heavy (non-hydrogen) atoms. The van der Waals surface area contributed by atoms with Crippen molar-refractivity contribution in [3.63, 3.8) is 0 Å². The first-order valence-corrected chi connectivity index (χ1v) is 6.08. The molecule has 1 unspecified atom stereocenters. The number of ether oxygens (including phenoxy) is 1. The van der Waals surface area contributed by atoms with Gasteiger partial charge in [0, 0.05) is 25.5 Å². The average Bonchev–Trinajstić information content (AvgIpc) is 2.41. The van der Waals surface area contributed by atoms with Gasteiger partial charge in [-0.1, -0.05) is 0 Å². The molecule has 1 saturated heterocycles. The van der Waals surface area contributed by atoms with Crippen molar-refractivity contribution >= 4 is 11.9 Å². The summed E-state index contributed by atoms with van der Waals surface area (Å²) in [6.45, 7) is 6.27. The SMILES string of the molecule is Cc1cnc(NC(C)C(=O)N2CCOCC2)nc1. The van der Waals surface area contributed by atoms with Gasteiger partial charge in [0.2, 0.25) is 11.9 Å². The summed E-state index contributed by atoms with van der Waals surface area (Å²) in [5.74, 6) is 0.539. The van der Waals surface area contributed by atoms with Crippen molar-refractivity contribution in [3.8, 4) is 0 Å². The number of aromatic nitrogens is 2. The number of carbonyl (C=O) groups is 1. The number of rotatable bonds is 3. The molecule has 0 saturated carbocycles. The summed E-state index contributed by atoms with van der Waals surface area (Å²) in [4.78, 5) is 22.2. The van der Waals surface area contributed by atoms with Crippen molar-refractivity contribution in [1.82, 2.24) is 14.9 Å². The number of amides is 1. The fourth-order valence-corrected chi connectivity index (χ4v) is 1.78. The molecule has 1 aromatic rings. The molecule has 1 atom stereocenters. The normalized spacial score (nSPS) is 17.3. The highest BCUT2D eigenvalue weighted by atomic mass is 16.5. The van der Waals surface area contributed by atoms with E-state index in [2.05, 4.69) is 15.3 Å². The molecule has 0 aliphatic carbocycles. The van der Waals surface area contributed by atoms with Gasteiger partial charge < -0.3 is 15.0 Å². The predicted molar refractivity (Wildman–Crippen MR) is 67.3 cm³/mol. The largest absolute Gasteiger partial charge is 0.378 e. The zero-order valence-electron chi connectivity index (χ0n) is 10.7. The van der Waals surface area contributed by atoms with E-state index in [0.717, 1.165) is 5.56 Å². The fourth-order valence-electron chi connectivity index (χ4n) is 1.78. The van der Waals surface area contributed by atoms with Gasteiger partial charge in [0.05, 0.1) is 13.2 Å². The first-order valence-electron chi connectivity index (χ1n) is 6.08. The Hall–Kier alpha value is -1.69. The summed E-state index contributed by atoms with van der Waals surface area (Å²) in [5, 5.41) is 3.01. The van der Waals surface area contributed by atoms with Gasteiger partial charge in [-0.05, 0) is 19.4 Å². The Labute approximate surface area is 106 Å². The lowest BCUT2D eigenvalue weighted by atomic mass is 10.2. The molecule has 1 N–H and O–H groups in total. The second-order valence-electron chi connectivity index (χ2n) is 4.39. The van der Waals surface area contributed by atoms with Crippen molar-refractivity contribution in [2.24, 2.45) is 0 Å². The second kappa shape index (κ2) is 5.77. The maximum Gasteiger partial charge on any atom is 0.245 e. The molecule has 1 amide bonds. The van der Waals surface area contributed by atoms with Gasteiger partial charge in [-0.25, -0.2) is 9.97 Å². The summed E-state index contributed by atoms with van der Waals surface area (Å²) in [6, 6.07) is -0.328. The van der Waals surface area contributed by atoms with Crippen molar-refractivity contribution in [2.75, 3.05) is 31.6 Å². The lowest BCUT2D eigenvalue weighted by Gasteiger charge is -2.29. The first kappa shape index (κ1) is 12.8. The maximum atomic E-state index is 12.1. The van der Waals surface area contributed by atoms with Crippen LogP contribution in [-0.4, -0.2) is 53.1 Å². The zero-order valence-corrected chi connectivity index (χ0v) is 10.7. The Morgan fingerprint density at radius 3 is 2.61 bits per heavy atom. The van der Waals surface area contributed by atoms with Gasteiger partial charge in [0.25, 0.3) is 0 Å². The number of anilines is 1. The van der Waals surface area contributed by atoms with E-state index in [1.807, 2.05) is 13.8 Å². The Morgan fingerprint density at radius 1 is 1.39 bits per heavy atom. The number of morpholine rings is 1. The highest BCUT2D eigenvalue weighted by Crippen LogP contribution is 2.05. The van der Waals surface area contributed by atoms with Crippen LogP contribution in [0, 0.1) is 6.92 Å². The van der Waals surface area contributed by atoms with E-state index >= 15 is 0 Å². The molecule has 6 nitrogen and oxygen atoms in total. The first-order chi connectivity index (χ1) is 8.66. The molecule has 1 aliphatic rings. The summed E-state index contributed by atoms with van der Waals surface area (Å²) in [6.07, 6.45) is 3.45. The third-order valence-electron chi connectivity index (χ3n) is 2.82. The van der Waals surface area contributed by atoms with E-state index in [0.29, 0.717) is 32.3 Å². The molecular weight excluding hydrogens is 232 g/mol. The number of aryl methyl sites for hydroxylation is 1. The van der Waals surface area contributed by atoms with Gasteiger partial charge in [0.1, 0.15) is 6.04 Å². The van der Waals surface area contributed by atoms with Crippen LogP contribution < -0.4 is 5.32 Å². The smallest absolute Gasteiger partial charge is 0.245 e. The summed E-state index contributed by atoms with van der Waals surface area (Å²) in [5.41, 5.74) is 0.993. The molecule has 2 heterocycles. The average molecular weight is 250 g/mol. The number of hydrogen-bond acceptors (Lipinski definition) is 5. The Kier molecular flexibility index (Phi) is 4.09. The highest BCUT2D eigenvalue weighted by molar-refractivity contribution is 5.83. The molecule has 2 rings (SSSR count). The molecule has 1 aliphatic heterocycles. The van der Waals surface area contributed by atoms with E-state index in [9.17, 15) is 4.79 Å². The van der Waals surface area contributed by atoms with Crippen molar-refractivity contribution in [3.05, 3.63) is 18.0 Å². The molecule has 0 bridgehead atoms. The van der Waals surface area contributed by atoms with Gasteiger partial charge in [-0.2, -0.15) is 0 Å². The molecule has 0 aromatic carbocycles. The van der Waals surface area contributed by atoms with Gasteiger partial charge in [0.15, 0.2) is 0 Å². The second-order valence-corrected chi connectivity index (χ2v) is 4.39. The maximum absolute atomic E-state index is 12.1. The van der Waals surface area contributed by atoms with Crippen LogP contribution >= 0.6 is 0 Å². The number of nitrogens with zero attached hydrogens (tertiary/aromatic N) is 3. The van der Waals surface area contributed by atoms with Crippen molar-refractivity contribution in [2.45, 2.75) is 19.9 Å². The van der Waals surface area contributed by atoms with Crippen LogP contribution in [-0.2, 0) is 9.53 Å². The van der Waals surface area contributed by atoms with Crippen LogP contribution in [0.4, 0.5) is 5.95 Å². The Bertz CT molecular complexity index is 401. The van der Waals surface area contributed by atoms with Gasteiger partial charge >= 0.3 is 0 Å². The minimum Gasteiger partial charge on any atom is -0.378 e. The molecule has 1 aromatic heterocycles. The molecule has 6 heteroatoms. The third-order valence-corrected chi connectivity index (χ3v) is 2.82.